The zero-order valence-corrected chi connectivity index (χ0v) is 43.9. The van der Waals surface area contributed by atoms with Crippen LogP contribution in [0.4, 0.5) is 51.4 Å². The van der Waals surface area contributed by atoms with Gasteiger partial charge in [-0.25, -0.2) is 4.98 Å². The van der Waals surface area contributed by atoms with E-state index in [-0.39, 0.29) is 33.8 Å². The second kappa shape index (κ2) is 15.7. The van der Waals surface area contributed by atoms with E-state index >= 15 is 0 Å². The fraction of sp³-hybridized carbons (Fsp3) is 0.317. The minimum atomic E-state index is -0.0596. The van der Waals surface area contributed by atoms with Crippen molar-refractivity contribution in [1.29, 1.82) is 0 Å². The molecule has 348 valence electrons. The third-order valence-electron chi connectivity index (χ3n) is 15.6. The summed E-state index contributed by atoms with van der Waals surface area (Å²) >= 11 is 1.98. The number of fused-ring (bicyclic) bond motifs is 7. The molecule has 0 spiro atoms. The average Bonchev–Trinajstić information content (AvgIpc) is 3.69. The lowest BCUT2D eigenvalue weighted by atomic mass is 9.36. The zero-order valence-electron chi connectivity index (χ0n) is 43.0. The second-order valence-electron chi connectivity index (χ2n) is 24.4. The molecule has 11 rings (SSSR count). The number of rotatable bonds is 5. The molecule has 2 aliphatic heterocycles. The molecule has 3 aliphatic rings. The van der Waals surface area contributed by atoms with Gasteiger partial charge in [-0.3, -0.25) is 9.80 Å². The first kappa shape index (κ1) is 45.3. The molecule has 0 fully saturated rings. The Bertz CT molecular complexity index is 3250. The quantitative estimate of drug-likeness (QED) is 0.160. The molecule has 69 heavy (non-hydrogen) atoms. The van der Waals surface area contributed by atoms with Gasteiger partial charge < -0.3 is 4.90 Å². The lowest BCUT2D eigenvalue weighted by molar-refractivity contribution is 0.332. The monoisotopic (exact) mass is 923 g/mol. The SMILES string of the molecule is CC(C)(C)c1ccc(N2c3ccc(C(C)(C)C)cc3B3c4sc5cc(C(C)(C)C)ccc5c4N(c4ccc5c(c4)C(C)(C)CCC5(C)C)c4cc(N(c5ccccc5)c5ccccc5)nc2c43)cc1. The van der Waals surface area contributed by atoms with Crippen LogP contribution in [-0.2, 0) is 27.1 Å². The Morgan fingerprint density at radius 2 is 1.09 bits per heavy atom. The number of pyridine rings is 1. The van der Waals surface area contributed by atoms with Crippen molar-refractivity contribution >= 4 is 95.3 Å². The molecule has 0 atom stereocenters. The van der Waals surface area contributed by atoms with Gasteiger partial charge in [0.25, 0.3) is 6.71 Å². The van der Waals surface area contributed by atoms with Crippen molar-refractivity contribution in [3.8, 4) is 0 Å². The van der Waals surface area contributed by atoms with E-state index < -0.39 is 0 Å². The lowest BCUT2D eigenvalue weighted by Crippen LogP contribution is -2.61. The van der Waals surface area contributed by atoms with Gasteiger partial charge in [-0.15, -0.1) is 11.3 Å². The Kier molecular flexibility index (Phi) is 10.3. The fourth-order valence-electron chi connectivity index (χ4n) is 11.3. The third-order valence-corrected chi connectivity index (χ3v) is 16.8. The topological polar surface area (TPSA) is 22.6 Å². The van der Waals surface area contributed by atoms with Crippen LogP contribution in [0.25, 0.3) is 10.1 Å². The van der Waals surface area contributed by atoms with Crippen LogP contribution in [0.3, 0.4) is 0 Å². The first-order valence-corrected chi connectivity index (χ1v) is 25.9. The lowest BCUT2D eigenvalue weighted by Gasteiger charge is -2.45. The summed E-state index contributed by atoms with van der Waals surface area (Å²) < 4.78 is 2.69. The Hall–Kier alpha value is -6.11. The molecular weight excluding hydrogens is 856 g/mol. The maximum absolute atomic E-state index is 6.00. The van der Waals surface area contributed by atoms with Crippen LogP contribution in [0.15, 0.2) is 146 Å². The predicted molar refractivity (Wildman–Crippen MR) is 300 cm³/mol. The number of aromatic nitrogens is 1. The predicted octanol–water partition coefficient (Wildman–Crippen LogP) is 16.1. The van der Waals surface area contributed by atoms with E-state index in [2.05, 4.69) is 250 Å². The maximum atomic E-state index is 6.00. The third kappa shape index (κ3) is 7.51. The van der Waals surface area contributed by atoms with Crippen molar-refractivity contribution < 1.29 is 0 Å². The summed E-state index contributed by atoms with van der Waals surface area (Å²) in [5.41, 5.74) is 17.6. The molecule has 6 aromatic carbocycles. The highest BCUT2D eigenvalue weighted by molar-refractivity contribution is 7.33. The van der Waals surface area contributed by atoms with Crippen molar-refractivity contribution in [2.24, 2.45) is 0 Å². The molecule has 2 aromatic heterocycles. The Morgan fingerprint density at radius 1 is 0.536 bits per heavy atom. The van der Waals surface area contributed by atoms with Crippen LogP contribution in [-0.4, -0.2) is 11.7 Å². The number of hydrogen-bond donors (Lipinski definition) is 0. The van der Waals surface area contributed by atoms with Crippen LogP contribution >= 0.6 is 11.3 Å². The van der Waals surface area contributed by atoms with Gasteiger partial charge in [-0.05, 0) is 139 Å². The standard InChI is InChI=1S/C63H67BN4S/c1-59(2,3)40-24-28-45(29-25-40)68-51-33-27-41(60(4,5)6)36-50(51)64-55-52(39-54(65-58(55)68)66(43-20-16-14-17-21-43)44-22-18-15-19-23-44)67(46-30-32-48-49(38-46)63(12,13)35-34-62(48,10)11)56-47-31-26-42(61(7,8)9)37-53(47)69-57(56)64/h14-33,36-39H,34-35H2,1-13H3. The van der Waals surface area contributed by atoms with Crippen molar-refractivity contribution in [1.82, 2.24) is 4.98 Å². The highest BCUT2D eigenvalue weighted by Gasteiger charge is 2.48. The zero-order chi connectivity index (χ0) is 48.6. The van der Waals surface area contributed by atoms with Crippen molar-refractivity contribution in [2.45, 2.75) is 130 Å². The first-order valence-electron chi connectivity index (χ1n) is 25.1. The number of thiophene rings is 1. The molecule has 0 amide bonds. The highest BCUT2D eigenvalue weighted by Crippen LogP contribution is 2.53. The van der Waals surface area contributed by atoms with Gasteiger partial charge in [0.2, 0.25) is 0 Å². The summed E-state index contributed by atoms with van der Waals surface area (Å²) in [4.78, 5) is 13.5. The number of para-hydroxylation sites is 2. The van der Waals surface area contributed by atoms with Gasteiger partial charge in [0.05, 0.1) is 5.69 Å². The minimum absolute atomic E-state index is 0.00459. The van der Waals surface area contributed by atoms with E-state index in [1.165, 1.54) is 82.8 Å². The molecular formula is C63H67BN4S. The van der Waals surface area contributed by atoms with Gasteiger partial charge in [0, 0.05) is 55.1 Å². The van der Waals surface area contributed by atoms with E-state index in [0.717, 1.165) is 35.1 Å². The summed E-state index contributed by atoms with van der Waals surface area (Å²) in [6, 6.07) is 55.3. The second-order valence-corrected chi connectivity index (χ2v) is 25.5. The summed E-state index contributed by atoms with van der Waals surface area (Å²) in [5, 5.41) is 1.29. The molecule has 4 nitrogen and oxygen atoms in total. The summed E-state index contributed by atoms with van der Waals surface area (Å²) in [6.07, 6.45) is 2.32. The minimum Gasteiger partial charge on any atom is -0.310 e. The van der Waals surface area contributed by atoms with Crippen molar-refractivity contribution in [2.75, 3.05) is 14.7 Å². The molecule has 8 aromatic rings. The molecule has 0 N–H and O–H groups in total. The van der Waals surface area contributed by atoms with E-state index in [0.29, 0.717) is 0 Å². The van der Waals surface area contributed by atoms with Gasteiger partial charge in [0.1, 0.15) is 11.6 Å². The van der Waals surface area contributed by atoms with Gasteiger partial charge in [-0.2, -0.15) is 0 Å². The molecule has 0 saturated carbocycles. The van der Waals surface area contributed by atoms with Gasteiger partial charge in [0.15, 0.2) is 0 Å². The molecule has 4 heterocycles. The molecule has 0 bridgehead atoms. The maximum Gasteiger partial charge on any atom is 0.266 e. The normalized spacial score (nSPS) is 15.9. The first-order chi connectivity index (χ1) is 32.6. The van der Waals surface area contributed by atoms with Crippen LogP contribution in [0, 0.1) is 0 Å². The molecule has 1 aliphatic carbocycles. The molecule has 0 saturated heterocycles. The highest BCUT2D eigenvalue weighted by atomic mass is 32.1. The fourth-order valence-corrected chi connectivity index (χ4v) is 12.7. The van der Waals surface area contributed by atoms with Crippen molar-refractivity contribution in [3.63, 3.8) is 0 Å². The Labute approximate surface area is 416 Å². The number of benzene rings is 6. The number of anilines is 9. The van der Waals surface area contributed by atoms with Crippen LogP contribution < -0.4 is 30.4 Å². The smallest absolute Gasteiger partial charge is 0.266 e. The van der Waals surface area contributed by atoms with Crippen molar-refractivity contribution in [3.05, 3.63) is 173 Å². The van der Waals surface area contributed by atoms with E-state index in [1.54, 1.807) is 0 Å². The summed E-state index contributed by atoms with van der Waals surface area (Å²) in [7, 11) is 0. The van der Waals surface area contributed by atoms with Crippen LogP contribution in [0.5, 0.6) is 0 Å². The molecule has 6 heteroatoms. The summed E-state index contributed by atoms with van der Waals surface area (Å²) in [6.45, 7) is 30.6. The average molecular weight is 923 g/mol. The Morgan fingerprint density at radius 3 is 1.70 bits per heavy atom. The number of nitrogens with zero attached hydrogens (tertiary/aromatic N) is 4. The Balaban J connectivity index is 1.30. The van der Waals surface area contributed by atoms with Crippen LogP contribution in [0.1, 0.15) is 131 Å². The van der Waals surface area contributed by atoms with Gasteiger partial charge in [-0.1, -0.05) is 169 Å². The van der Waals surface area contributed by atoms with Gasteiger partial charge >= 0.3 is 0 Å². The van der Waals surface area contributed by atoms with Crippen LogP contribution in [0.2, 0.25) is 0 Å². The molecule has 0 radical (unpaired) electrons. The summed E-state index contributed by atoms with van der Waals surface area (Å²) in [5.74, 6) is 1.83. The largest absolute Gasteiger partial charge is 0.310 e. The van der Waals surface area contributed by atoms with E-state index in [4.69, 9.17) is 4.98 Å². The molecule has 0 unspecified atom stereocenters. The number of hydrogen-bond acceptors (Lipinski definition) is 5. The van der Waals surface area contributed by atoms with E-state index in [9.17, 15) is 0 Å². The van der Waals surface area contributed by atoms with E-state index in [1.807, 2.05) is 11.3 Å².